The molecular weight excluding hydrogens is 614 g/mol. The van der Waals surface area contributed by atoms with Gasteiger partial charge in [-0.25, -0.2) is 4.79 Å². The van der Waals surface area contributed by atoms with E-state index in [9.17, 15) is 9.90 Å². The molecule has 0 aromatic heterocycles. The molecule has 1 N–H and O–H groups in total. The van der Waals surface area contributed by atoms with Crippen molar-refractivity contribution < 1.29 is 28.8 Å². The number of hydrogen-bond donors (Lipinski definition) is 1. The van der Waals surface area contributed by atoms with Crippen LogP contribution in [0.1, 0.15) is 73.9 Å². The van der Waals surface area contributed by atoms with Crippen molar-refractivity contribution in [2.24, 2.45) is 17.8 Å². The summed E-state index contributed by atoms with van der Waals surface area (Å²) in [6, 6.07) is 29.4. The third kappa shape index (κ3) is 8.33. The Labute approximate surface area is 290 Å². The molecule has 4 aromatic carbocycles. The van der Waals surface area contributed by atoms with Crippen molar-refractivity contribution in [3.63, 3.8) is 0 Å². The zero-order valence-corrected chi connectivity index (χ0v) is 29.1. The van der Waals surface area contributed by atoms with Crippen LogP contribution in [0.4, 0.5) is 4.79 Å². The molecular formula is C42H49NO6. The predicted octanol–water partition coefficient (Wildman–Crippen LogP) is 9.30. The van der Waals surface area contributed by atoms with Crippen molar-refractivity contribution in [2.45, 2.75) is 78.2 Å². The number of aromatic hydroxyl groups is 1. The first-order valence-electron chi connectivity index (χ1n) is 17.6. The third-order valence-corrected chi connectivity index (χ3v) is 10.3. The molecule has 7 nitrogen and oxygen atoms in total. The van der Waals surface area contributed by atoms with Crippen molar-refractivity contribution in [3.05, 3.63) is 119 Å². The van der Waals surface area contributed by atoms with E-state index in [2.05, 4.69) is 20.8 Å². The van der Waals surface area contributed by atoms with Crippen molar-refractivity contribution in [1.82, 2.24) is 4.90 Å². The fourth-order valence-electron chi connectivity index (χ4n) is 7.60. The normalized spacial score (nSPS) is 20.4. The van der Waals surface area contributed by atoms with Crippen LogP contribution in [0.5, 0.6) is 23.0 Å². The van der Waals surface area contributed by atoms with Gasteiger partial charge < -0.3 is 29.0 Å². The molecule has 1 fully saturated rings. The number of rotatable bonds is 11. The van der Waals surface area contributed by atoms with Gasteiger partial charge in [-0.3, -0.25) is 0 Å². The summed E-state index contributed by atoms with van der Waals surface area (Å²) < 4.78 is 24.3. The maximum absolute atomic E-state index is 14.0. The molecule has 4 aromatic rings. The summed E-state index contributed by atoms with van der Waals surface area (Å²) in [6.45, 7) is 8.17. The van der Waals surface area contributed by atoms with E-state index in [-0.39, 0.29) is 24.0 Å². The monoisotopic (exact) mass is 663 g/mol. The summed E-state index contributed by atoms with van der Waals surface area (Å²) in [5.74, 6) is 3.55. The first kappa shape index (κ1) is 34.2. The van der Waals surface area contributed by atoms with Gasteiger partial charge in [-0.2, -0.15) is 0 Å². The molecule has 3 unspecified atom stereocenters. The van der Waals surface area contributed by atoms with Crippen LogP contribution in [0.25, 0.3) is 0 Å². The Morgan fingerprint density at radius 1 is 0.837 bits per heavy atom. The number of carbonyl (C=O) groups is 1. The van der Waals surface area contributed by atoms with E-state index in [0.717, 1.165) is 47.1 Å². The molecule has 4 atom stereocenters. The number of ether oxygens (including phenoxy) is 4. The fraction of sp³-hybridized carbons (Fsp3) is 0.405. The largest absolute Gasteiger partial charge is 0.504 e. The Hall–Kier alpha value is -4.65. The highest BCUT2D eigenvalue weighted by molar-refractivity contribution is 5.70. The van der Waals surface area contributed by atoms with E-state index in [1.54, 1.807) is 13.2 Å². The van der Waals surface area contributed by atoms with Gasteiger partial charge in [0.15, 0.2) is 23.0 Å². The number of benzene rings is 4. The lowest BCUT2D eigenvalue weighted by molar-refractivity contribution is 0.00754. The van der Waals surface area contributed by atoms with E-state index < -0.39 is 0 Å². The Balaban J connectivity index is 1.27. The van der Waals surface area contributed by atoms with Gasteiger partial charge in [-0.15, -0.1) is 0 Å². The fourth-order valence-corrected chi connectivity index (χ4v) is 7.60. The minimum Gasteiger partial charge on any atom is -0.504 e. The number of phenols is 1. The van der Waals surface area contributed by atoms with E-state index in [4.69, 9.17) is 18.9 Å². The van der Waals surface area contributed by atoms with E-state index in [1.807, 2.05) is 89.8 Å². The van der Waals surface area contributed by atoms with Crippen LogP contribution in [-0.4, -0.2) is 35.9 Å². The standard InChI is InChI=1S/C42H49NO6/c1-28(2)35-17-16-34(21-29(35)3)49-42(45)43-20-19-33-24-40(46-4)38(44)25-36(33)37(43)22-32-15-18-39(47-26-30-11-7-5-8-12-30)41(23-32)48-27-31-13-9-6-10-14-31/h5-15,18,23-25,28-29,34-35,37,44H,16-17,19-22,26-27H2,1-4H3/t29?,34?,35?,37-/m1/s1. The number of phenolic OH excluding ortho intramolecular Hbond substituents is 1. The lowest BCUT2D eigenvalue weighted by Gasteiger charge is -2.40. The van der Waals surface area contributed by atoms with Crippen molar-refractivity contribution in [2.75, 3.05) is 13.7 Å². The summed E-state index contributed by atoms with van der Waals surface area (Å²) in [5, 5.41) is 10.9. The van der Waals surface area contributed by atoms with Crippen LogP contribution in [0.15, 0.2) is 91.0 Å². The average Bonchev–Trinajstić information content (AvgIpc) is 3.11. The minimum atomic E-state index is -0.351. The van der Waals surface area contributed by atoms with E-state index >= 15 is 0 Å². The van der Waals surface area contributed by atoms with Gasteiger partial charge in [0, 0.05) is 6.54 Å². The maximum Gasteiger partial charge on any atom is 0.410 e. The van der Waals surface area contributed by atoms with Crippen molar-refractivity contribution in [1.29, 1.82) is 0 Å². The Kier molecular flexibility index (Phi) is 11.0. The summed E-state index contributed by atoms with van der Waals surface area (Å²) in [5.41, 5.74) is 5.05. The first-order chi connectivity index (χ1) is 23.8. The Bertz CT molecular complexity index is 1690. The number of fused-ring (bicyclic) bond motifs is 1. The van der Waals surface area contributed by atoms with Gasteiger partial charge in [-0.05, 0) is 102 Å². The lowest BCUT2D eigenvalue weighted by atomic mass is 9.73. The number of carbonyl (C=O) groups excluding carboxylic acids is 1. The number of nitrogens with zero attached hydrogens (tertiary/aromatic N) is 1. The van der Waals surface area contributed by atoms with Gasteiger partial charge in [0.1, 0.15) is 19.3 Å². The Morgan fingerprint density at radius 3 is 2.14 bits per heavy atom. The molecule has 1 aliphatic heterocycles. The summed E-state index contributed by atoms with van der Waals surface area (Å²) in [4.78, 5) is 15.8. The molecule has 1 amide bonds. The SMILES string of the molecule is COc1cc2c(cc1O)[C@@H](Cc1ccc(OCc3ccccc3)c(OCc3ccccc3)c1)N(C(=O)OC1CCC(C(C)C)C(C)C1)CC2. The van der Waals surface area contributed by atoms with Gasteiger partial charge in [-0.1, -0.05) is 87.5 Å². The highest BCUT2D eigenvalue weighted by Gasteiger charge is 2.36. The van der Waals surface area contributed by atoms with Gasteiger partial charge in [0.05, 0.1) is 13.2 Å². The molecule has 1 saturated carbocycles. The van der Waals surface area contributed by atoms with Crippen LogP contribution in [0.2, 0.25) is 0 Å². The molecule has 258 valence electrons. The third-order valence-electron chi connectivity index (χ3n) is 10.3. The second-order valence-corrected chi connectivity index (χ2v) is 13.9. The smallest absolute Gasteiger partial charge is 0.410 e. The molecule has 6 rings (SSSR count). The summed E-state index contributed by atoms with van der Waals surface area (Å²) in [6.07, 6.45) is 3.60. The van der Waals surface area contributed by atoms with E-state index in [0.29, 0.717) is 67.6 Å². The number of methoxy groups -OCH3 is 1. The van der Waals surface area contributed by atoms with Gasteiger partial charge >= 0.3 is 6.09 Å². The Morgan fingerprint density at radius 2 is 1.51 bits per heavy atom. The molecule has 2 aliphatic rings. The van der Waals surface area contributed by atoms with Crippen LogP contribution < -0.4 is 14.2 Å². The number of hydrogen-bond acceptors (Lipinski definition) is 6. The zero-order chi connectivity index (χ0) is 34.3. The maximum atomic E-state index is 14.0. The quantitative estimate of drug-likeness (QED) is 0.172. The van der Waals surface area contributed by atoms with Gasteiger partial charge in [0.25, 0.3) is 0 Å². The minimum absolute atomic E-state index is 0.0545. The van der Waals surface area contributed by atoms with Crippen LogP contribution in [0, 0.1) is 17.8 Å². The lowest BCUT2D eigenvalue weighted by Crippen LogP contribution is -2.43. The zero-order valence-electron chi connectivity index (χ0n) is 29.1. The molecule has 0 bridgehead atoms. The molecule has 0 spiro atoms. The van der Waals surface area contributed by atoms with Crippen LogP contribution >= 0.6 is 0 Å². The predicted molar refractivity (Wildman–Crippen MR) is 191 cm³/mol. The highest BCUT2D eigenvalue weighted by atomic mass is 16.6. The molecule has 0 saturated heterocycles. The van der Waals surface area contributed by atoms with Gasteiger partial charge in [0.2, 0.25) is 0 Å². The second kappa shape index (κ2) is 15.7. The second-order valence-electron chi connectivity index (χ2n) is 13.9. The summed E-state index contributed by atoms with van der Waals surface area (Å²) >= 11 is 0. The number of amides is 1. The average molecular weight is 664 g/mol. The molecule has 7 heteroatoms. The molecule has 1 heterocycles. The topological polar surface area (TPSA) is 77.5 Å². The van der Waals surface area contributed by atoms with Crippen LogP contribution in [-0.2, 0) is 30.8 Å². The van der Waals surface area contributed by atoms with Crippen LogP contribution in [0.3, 0.4) is 0 Å². The van der Waals surface area contributed by atoms with Crippen molar-refractivity contribution >= 4 is 6.09 Å². The molecule has 49 heavy (non-hydrogen) atoms. The molecule has 0 radical (unpaired) electrons. The first-order valence-corrected chi connectivity index (χ1v) is 17.6. The highest BCUT2D eigenvalue weighted by Crippen LogP contribution is 2.42. The van der Waals surface area contributed by atoms with Crippen molar-refractivity contribution in [3.8, 4) is 23.0 Å². The summed E-state index contributed by atoms with van der Waals surface area (Å²) in [7, 11) is 1.55. The van der Waals surface area contributed by atoms with E-state index in [1.165, 1.54) is 0 Å². The molecule has 1 aliphatic carbocycles.